The van der Waals surface area contributed by atoms with E-state index in [0.29, 0.717) is 25.8 Å². The number of carbonyl (C=O) groups excluding carboxylic acids is 3. The van der Waals surface area contributed by atoms with E-state index in [4.69, 9.17) is 11.5 Å². The second-order valence-corrected chi connectivity index (χ2v) is 9.79. The van der Waals surface area contributed by atoms with E-state index in [2.05, 4.69) is 20.9 Å². The summed E-state index contributed by atoms with van der Waals surface area (Å²) in [6.07, 6.45) is 3.68. The molecule has 11 heteroatoms. The third kappa shape index (κ3) is 9.18. The van der Waals surface area contributed by atoms with Gasteiger partial charge in [0.25, 0.3) is 0 Å². The highest BCUT2D eigenvalue weighted by Gasteiger charge is 2.30. The highest BCUT2D eigenvalue weighted by molar-refractivity contribution is 5.94. The molecule has 0 saturated heterocycles. The second kappa shape index (κ2) is 14.3. The molecule has 2 rings (SSSR count). The smallest absolute Gasteiger partial charge is 0.326 e. The average Bonchev–Trinajstić information content (AvgIpc) is 3.24. The molecule has 11 nitrogen and oxygen atoms in total. The van der Waals surface area contributed by atoms with Gasteiger partial charge >= 0.3 is 5.97 Å². The molecule has 3 amide bonds. The number of unbranched alkanes of at least 4 members (excludes halogenated alkanes) is 1. The highest BCUT2D eigenvalue weighted by atomic mass is 16.4. The first kappa shape index (κ1) is 29.8. The Morgan fingerprint density at radius 3 is 2.16 bits per heavy atom. The molecule has 0 fully saturated rings. The van der Waals surface area contributed by atoms with E-state index in [1.165, 1.54) is 6.92 Å². The number of nitrogens with two attached hydrogens (primary N) is 2. The molecule has 0 saturated carbocycles. The summed E-state index contributed by atoms with van der Waals surface area (Å²) in [5.41, 5.74) is 12.8. The minimum absolute atomic E-state index is 0.0299. The van der Waals surface area contributed by atoms with Crippen LogP contribution in [0, 0.1) is 5.92 Å². The van der Waals surface area contributed by atoms with Crippen LogP contribution in [-0.2, 0) is 25.6 Å². The van der Waals surface area contributed by atoms with Crippen molar-refractivity contribution in [2.24, 2.45) is 17.4 Å². The number of H-pyrrole nitrogens is 1. The van der Waals surface area contributed by atoms with Gasteiger partial charge in [0, 0.05) is 23.5 Å². The molecular weight excluding hydrogens is 476 g/mol. The van der Waals surface area contributed by atoms with Crippen molar-refractivity contribution in [3.63, 3.8) is 0 Å². The van der Waals surface area contributed by atoms with E-state index in [9.17, 15) is 24.3 Å². The lowest BCUT2D eigenvalue weighted by Gasteiger charge is -2.26. The largest absolute Gasteiger partial charge is 0.480 e. The molecule has 4 atom stereocenters. The van der Waals surface area contributed by atoms with Gasteiger partial charge in [-0.15, -0.1) is 0 Å². The van der Waals surface area contributed by atoms with Crippen LogP contribution in [0.15, 0.2) is 30.5 Å². The Morgan fingerprint density at radius 2 is 1.54 bits per heavy atom. The van der Waals surface area contributed by atoms with E-state index in [-0.39, 0.29) is 18.8 Å². The summed E-state index contributed by atoms with van der Waals surface area (Å²) in [4.78, 5) is 53.6. The topological polar surface area (TPSA) is 192 Å². The molecule has 2 aromatic rings. The zero-order chi connectivity index (χ0) is 27.5. The number of aromatic amines is 1. The number of benzene rings is 1. The van der Waals surface area contributed by atoms with Gasteiger partial charge in [0.2, 0.25) is 17.7 Å². The molecule has 0 aliphatic heterocycles. The van der Waals surface area contributed by atoms with Gasteiger partial charge in [-0.25, -0.2) is 4.79 Å². The molecule has 4 unspecified atom stereocenters. The number of amides is 3. The van der Waals surface area contributed by atoms with Gasteiger partial charge in [-0.3, -0.25) is 14.4 Å². The minimum atomic E-state index is -1.20. The summed E-state index contributed by atoms with van der Waals surface area (Å²) in [5.74, 6) is -2.77. The average molecular weight is 517 g/mol. The number of nitrogens with one attached hydrogen (secondary N) is 4. The van der Waals surface area contributed by atoms with Crippen LogP contribution in [0.2, 0.25) is 0 Å². The summed E-state index contributed by atoms with van der Waals surface area (Å²) in [7, 11) is 0. The molecule has 1 heterocycles. The summed E-state index contributed by atoms with van der Waals surface area (Å²) in [6, 6.07) is 3.61. The molecule has 0 radical (unpaired) electrons. The zero-order valence-electron chi connectivity index (χ0n) is 21.8. The van der Waals surface area contributed by atoms with E-state index in [0.717, 1.165) is 16.5 Å². The van der Waals surface area contributed by atoms with Crippen molar-refractivity contribution < 1.29 is 24.3 Å². The van der Waals surface area contributed by atoms with Crippen LogP contribution in [0.1, 0.15) is 52.0 Å². The number of aromatic nitrogens is 1. The predicted octanol–water partition coefficient (Wildman–Crippen LogP) is 0.772. The molecule has 9 N–H and O–H groups in total. The van der Waals surface area contributed by atoms with E-state index in [1.807, 2.05) is 38.1 Å². The van der Waals surface area contributed by atoms with Gasteiger partial charge < -0.3 is 37.5 Å². The number of hydrogen-bond acceptors (Lipinski definition) is 6. The van der Waals surface area contributed by atoms with Gasteiger partial charge in [-0.2, -0.15) is 0 Å². The van der Waals surface area contributed by atoms with E-state index < -0.39 is 47.9 Å². The molecular formula is C26H40N6O5. The molecule has 0 aliphatic rings. The van der Waals surface area contributed by atoms with Crippen LogP contribution in [0.25, 0.3) is 10.9 Å². The Kier molecular flexibility index (Phi) is 11.5. The molecule has 37 heavy (non-hydrogen) atoms. The second-order valence-electron chi connectivity index (χ2n) is 9.79. The van der Waals surface area contributed by atoms with Gasteiger partial charge in [-0.1, -0.05) is 32.0 Å². The van der Waals surface area contributed by atoms with Gasteiger partial charge in [0.05, 0.1) is 6.04 Å². The minimum Gasteiger partial charge on any atom is -0.480 e. The van der Waals surface area contributed by atoms with Crippen molar-refractivity contribution in [3.05, 3.63) is 36.0 Å². The Balaban J connectivity index is 2.16. The van der Waals surface area contributed by atoms with Gasteiger partial charge in [-0.05, 0) is 56.7 Å². The first-order valence-corrected chi connectivity index (χ1v) is 12.7. The molecule has 0 spiro atoms. The summed E-state index contributed by atoms with van der Waals surface area (Å²) < 4.78 is 0. The van der Waals surface area contributed by atoms with Crippen LogP contribution < -0.4 is 27.4 Å². The fraction of sp³-hybridized carbons (Fsp3) is 0.538. The first-order valence-electron chi connectivity index (χ1n) is 12.7. The van der Waals surface area contributed by atoms with Crippen molar-refractivity contribution in [2.45, 2.75) is 77.0 Å². The van der Waals surface area contributed by atoms with Crippen molar-refractivity contribution >= 4 is 34.6 Å². The lowest BCUT2D eigenvalue weighted by atomic mass is 10.00. The van der Waals surface area contributed by atoms with Gasteiger partial charge in [0.1, 0.15) is 18.1 Å². The SMILES string of the molecule is CC(C)CC(NC(=O)C(CCCCN)NC(=O)C(C)N)C(=O)NC(Cc1c[nH]c2ccccc12)C(=O)O. The van der Waals surface area contributed by atoms with Crippen molar-refractivity contribution in [2.75, 3.05) is 6.54 Å². The fourth-order valence-electron chi connectivity index (χ4n) is 4.03. The normalized spacial score (nSPS) is 14.5. The Morgan fingerprint density at radius 1 is 0.919 bits per heavy atom. The summed E-state index contributed by atoms with van der Waals surface area (Å²) >= 11 is 0. The number of hydrogen-bond donors (Lipinski definition) is 7. The molecule has 0 aliphatic carbocycles. The van der Waals surface area contributed by atoms with Crippen LogP contribution in [0.4, 0.5) is 0 Å². The van der Waals surface area contributed by atoms with Crippen LogP contribution in [-0.4, -0.2) is 64.5 Å². The number of fused-ring (bicyclic) bond motifs is 1. The van der Waals surface area contributed by atoms with Crippen LogP contribution in [0.3, 0.4) is 0 Å². The van der Waals surface area contributed by atoms with E-state index >= 15 is 0 Å². The lowest BCUT2D eigenvalue weighted by molar-refractivity contribution is -0.142. The maximum atomic E-state index is 13.2. The maximum absolute atomic E-state index is 13.2. The Hall–Kier alpha value is -3.44. The third-order valence-corrected chi connectivity index (χ3v) is 6.05. The van der Waals surface area contributed by atoms with E-state index in [1.54, 1.807) is 6.20 Å². The van der Waals surface area contributed by atoms with Gasteiger partial charge in [0.15, 0.2) is 0 Å². The number of carboxylic acids is 1. The monoisotopic (exact) mass is 516 g/mol. The molecule has 0 bridgehead atoms. The third-order valence-electron chi connectivity index (χ3n) is 6.05. The lowest BCUT2D eigenvalue weighted by Crippen LogP contribution is -2.57. The summed E-state index contributed by atoms with van der Waals surface area (Å²) in [5, 5.41) is 18.6. The molecule has 1 aromatic heterocycles. The first-order chi connectivity index (χ1) is 17.5. The van der Waals surface area contributed by atoms with Crippen molar-refractivity contribution in [1.82, 2.24) is 20.9 Å². The zero-order valence-corrected chi connectivity index (χ0v) is 21.8. The molecule has 1 aromatic carbocycles. The van der Waals surface area contributed by atoms with Crippen LogP contribution >= 0.6 is 0 Å². The number of rotatable bonds is 15. The Bertz CT molecular complexity index is 1070. The number of para-hydroxylation sites is 1. The van der Waals surface area contributed by atoms with Crippen molar-refractivity contribution in [3.8, 4) is 0 Å². The summed E-state index contributed by atoms with van der Waals surface area (Å²) in [6.45, 7) is 5.74. The predicted molar refractivity (Wildman–Crippen MR) is 141 cm³/mol. The fourth-order valence-corrected chi connectivity index (χ4v) is 4.03. The molecule has 204 valence electrons. The van der Waals surface area contributed by atoms with Crippen LogP contribution in [0.5, 0.6) is 0 Å². The standard InChI is InChI=1S/C26H40N6O5/c1-15(2)12-21(31-24(34)20(10-6-7-11-27)30-23(33)16(3)28)25(35)32-22(26(36)37)13-17-14-29-19-9-5-4-8-18(17)19/h4-5,8-9,14-16,20-22,29H,6-7,10-13,27-28H2,1-3H3,(H,30,33)(H,31,34)(H,32,35)(H,36,37). The quantitative estimate of drug-likeness (QED) is 0.170. The highest BCUT2D eigenvalue weighted by Crippen LogP contribution is 2.19. The van der Waals surface area contributed by atoms with Crippen molar-refractivity contribution in [1.29, 1.82) is 0 Å². The maximum Gasteiger partial charge on any atom is 0.326 e. The number of carboxylic acid groups (broad SMARTS) is 1. The Labute approximate surface area is 217 Å². The number of carbonyl (C=O) groups is 4. The number of aliphatic carboxylic acids is 1.